The topological polar surface area (TPSA) is 81.4 Å². The van der Waals surface area contributed by atoms with E-state index in [0.717, 1.165) is 6.54 Å². The maximum atomic E-state index is 10.9. The van der Waals surface area contributed by atoms with Gasteiger partial charge in [0.1, 0.15) is 6.10 Å². The number of carbonyl (C=O) groups excluding carboxylic acids is 2. The zero-order valence-corrected chi connectivity index (χ0v) is 9.28. The summed E-state index contributed by atoms with van der Waals surface area (Å²) in [5.41, 5.74) is 4.69. The minimum atomic E-state index is -0.329. The Kier molecular flexibility index (Phi) is 8.01. The Hall–Kier alpha value is -1.46. The minimum Gasteiger partial charge on any atom is -0.369 e. The van der Waals surface area contributed by atoms with E-state index >= 15 is 0 Å². The van der Waals surface area contributed by atoms with Crippen molar-refractivity contribution in [2.75, 3.05) is 19.7 Å². The van der Waals surface area contributed by atoms with E-state index in [0.29, 0.717) is 13.2 Å². The Morgan fingerprint density at radius 2 is 2.19 bits per heavy atom. The van der Waals surface area contributed by atoms with Gasteiger partial charge in [0, 0.05) is 19.5 Å². The number of carbonyl (C=O) groups is 2. The Morgan fingerprint density at radius 3 is 2.50 bits per heavy atom. The Labute approximate surface area is 95.3 Å². The molecule has 1 aliphatic heterocycles. The number of hydrogen-bond donors (Lipinski definition) is 2. The van der Waals surface area contributed by atoms with Crippen LogP contribution < -0.4 is 11.1 Å². The zero-order chi connectivity index (χ0) is 12.4. The molecule has 1 aliphatic rings. The van der Waals surface area contributed by atoms with Crippen molar-refractivity contribution in [2.24, 2.45) is 5.73 Å². The first-order valence-corrected chi connectivity index (χ1v) is 4.99. The van der Waals surface area contributed by atoms with Gasteiger partial charge < -0.3 is 15.8 Å². The third-order valence-corrected chi connectivity index (χ3v) is 1.79. The fourth-order valence-electron chi connectivity index (χ4n) is 1.02. The van der Waals surface area contributed by atoms with Gasteiger partial charge in [-0.25, -0.2) is 0 Å². The summed E-state index contributed by atoms with van der Waals surface area (Å²) >= 11 is 0. The lowest BCUT2D eigenvalue weighted by atomic mass is 10.2. The van der Waals surface area contributed by atoms with E-state index < -0.39 is 0 Å². The number of nitrogens with one attached hydrogen (secondary N) is 1. The van der Waals surface area contributed by atoms with E-state index in [1.54, 1.807) is 0 Å². The molecule has 3 N–H and O–H groups in total. The van der Waals surface area contributed by atoms with Crippen molar-refractivity contribution in [2.45, 2.75) is 12.5 Å². The first-order valence-electron chi connectivity index (χ1n) is 4.99. The molecule has 0 saturated carbocycles. The van der Waals surface area contributed by atoms with Gasteiger partial charge in [0.25, 0.3) is 0 Å². The highest BCUT2D eigenvalue weighted by molar-refractivity contribution is 5.93. The van der Waals surface area contributed by atoms with E-state index in [1.165, 1.54) is 12.2 Å². The largest absolute Gasteiger partial charge is 0.369 e. The molecule has 0 radical (unpaired) electrons. The van der Waals surface area contributed by atoms with E-state index in [1.807, 2.05) is 0 Å². The Bertz CT molecular complexity index is 258. The summed E-state index contributed by atoms with van der Waals surface area (Å²) in [4.78, 5) is 20.6. The lowest BCUT2D eigenvalue weighted by Crippen LogP contribution is -2.42. The molecule has 1 saturated heterocycles. The minimum absolute atomic E-state index is 0.0350. The molecule has 0 aromatic rings. The summed E-state index contributed by atoms with van der Waals surface area (Å²) in [7, 11) is 0. The quantitative estimate of drug-likeness (QED) is 0.513. The number of morpholine rings is 1. The third-order valence-electron chi connectivity index (χ3n) is 1.79. The van der Waals surface area contributed by atoms with E-state index in [4.69, 9.17) is 10.5 Å². The molecule has 5 heteroatoms. The number of ketones is 1. The van der Waals surface area contributed by atoms with Gasteiger partial charge in [0.2, 0.25) is 5.91 Å². The molecule has 5 nitrogen and oxygen atoms in total. The second-order valence-electron chi connectivity index (χ2n) is 3.13. The van der Waals surface area contributed by atoms with Crippen molar-refractivity contribution in [3.63, 3.8) is 0 Å². The molecular weight excluding hydrogens is 208 g/mol. The van der Waals surface area contributed by atoms with E-state index in [9.17, 15) is 9.59 Å². The molecule has 1 atom stereocenters. The molecule has 0 aromatic carbocycles. The number of amides is 1. The summed E-state index contributed by atoms with van der Waals surface area (Å²) in [6.45, 7) is 8.74. The monoisotopic (exact) mass is 226 g/mol. The molecular formula is C11H18N2O3. The summed E-state index contributed by atoms with van der Waals surface area (Å²) in [5, 5.41) is 3.06. The molecule has 0 aliphatic carbocycles. The molecule has 1 amide bonds. The Balaban J connectivity index is 0.000000325. The van der Waals surface area contributed by atoms with Crippen LogP contribution in [-0.4, -0.2) is 37.5 Å². The molecule has 1 fully saturated rings. The predicted molar refractivity (Wildman–Crippen MR) is 61.8 cm³/mol. The SMILES string of the molecule is C=CC(=O)C1CNCCO1.C=CCC(N)=O. The fraction of sp³-hybridized carbons (Fsp3) is 0.455. The molecule has 0 bridgehead atoms. The predicted octanol–water partition coefficient (Wildman–Crippen LogP) is -0.222. The Morgan fingerprint density at radius 1 is 1.50 bits per heavy atom. The second-order valence-corrected chi connectivity index (χ2v) is 3.13. The van der Waals surface area contributed by atoms with Crippen LogP contribution in [0, 0.1) is 0 Å². The summed E-state index contributed by atoms with van der Waals surface area (Å²) in [6, 6.07) is 0. The van der Waals surface area contributed by atoms with Gasteiger partial charge in [0.05, 0.1) is 6.61 Å². The van der Waals surface area contributed by atoms with Gasteiger partial charge in [0.15, 0.2) is 5.78 Å². The molecule has 90 valence electrons. The van der Waals surface area contributed by atoms with Crippen LogP contribution in [0.3, 0.4) is 0 Å². The average molecular weight is 226 g/mol. The van der Waals surface area contributed by atoms with Crippen LogP contribution in [0.15, 0.2) is 25.3 Å². The van der Waals surface area contributed by atoms with Crippen molar-refractivity contribution in [3.05, 3.63) is 25.3 Å². The van der Waals surface area contributed by atoms with Crippen LogP contribution in [0.5, 0.6) is 0 Å². The molecule has 0 spiro atoms. The van der Waals surface area contributed by atoms with E-state index in [-0.39, 0.29) is 24.2 Å². The number of nitrogens with two attached hydrogens (primary N) is 1. The highest BCUT2D eigenvalue weighted by Gasteiger charge is 2.18. The first kappa shape index (κ1) is 14.5. The number of ether oxygens (including phenoxy) is 1. The summed E-state index contributed by atoms with van der Waals surface area (Å²) in [6.07, 6.45) is 2.76. The molecule has 16 heavy (non-hydrogen) atoms. The van der Waals surface area contributed by atoms with Gasteiger partial charge in [-0.05, 0) is 6.08 Å². The van der Waals surface area contributed by atoms with Crippen molar-refractivity contribution in [1.82, 2.24) is 5.32 Å². The lowest BCUT2D eigenvalue weighted by molar-refractivity contribution is -0.127. The average Bonchev–Trinajstić information content (AvgIpc) is 2.30. The first-order chi connectivity index (χ1) is 7.61. The van der Waals surface area contributed by atoms with Crippen LogP contribution >= 0.6 is 0 Å². The maximum Gasteiger partial charge on any atom is 0.221 e. The van der Waals surface area contributed by atoms with Crippen LogP contribution in [0.1, 0.15) is 6.42 Å². The van der Waals surface area contributed by atoms with Crippen LogP contribution in [0.2, 0.25) is 0 Å². The van der Waals surface area contributed by atoms with Crippen LogP contribution in [0.4, 0.5) is 0 Å². The van der Waals surface area contributed by atoms with Crippen molar-refractivity contribution < 1.29 is 14.3 Å². The van der Waals surface area contributed by atoms with Gasteiger partial charge in [-0.1, -0.05) is 12.7 Å². The molecule has 1 unspecified atom stereocenters. The highest BCUT2D eigenvalue weighted by atomic mass is 16.5. The van der Waals surface area contributed by atoms with Gasteiger partial charge >= 0.3 is 0 Å². The van der Waals surface area contributed by atoms with Crippen LogP contribution in [0.25, 0.3) is 0 Å². The standard InChI is InChI=1S/C7H11NO2.C4H7NO/c1-2-6(9)7-5-8-3-4-10-7;1-2-3-4(5)6/h2,7-8H,1,3-5H2;2H,1,3H2,(H2,5,6). The third kappa shape index (κ3) is 6.92. The van der Waals surface area contributed by atoms with Gasteiger partial charge in [-0.3, -0.25) is 9.59 Å². The normalized spacial score (nSPS) is 18.9. The van der Waals surface area contributed by atoms with Crippen molar-refractivity contribution >= 4 is 11.7 Å². The van der Waals surface area contributed by atoms with Crippen molar-refractivity contribution in [1.29, 1.82) is 0 Å². The number of rotatable bonds is 4. The van der Waals surface area contributed by atoms with E-state index in [2.05, 4.69) is 18.5 Å². The van der Waals surface area contributed by atoms with Crippen LogP contribution in [-0.2, 0) is 14.3 Å². The van der Waals surface area contributed by atoms with Gasteiger partial charge in [-0.2, -0.15) is 0 Å². The zero-order valence-electron chi connectivity index (χ0n) is 9.28. The lowest BCUT2D eigenvalue weighted by Gasteiger charge is -2.20. The number of primary amides is 1. The molecule has 0 aromatic heterocycles. The summed E-state index contributed by atoms with van der Waals surface area (Å²) < 4.78 is 5.15. The fourth-order valence-corrected chi connectivity index (χ4v) is 1.02. The smallest absolute Gasteiger partial charge is 0.221 e. The highest BCUT2D eigenvalue weighted by Crippen LogP contribution is 1.97. The summed E-state index contributed by atoms with van der Waals surface area (Å²) in [5.74, 6) is -0.364. The molecule has 1 heterocycles. The molecule has 1 rings (SSSR count). The maximum absolute atomic E-state index is 10.9. The van der Waals surface area contributed by atoms with Gasteiger partial charge in [-0.15, -0.1) is 6.58 Å². The van der Waals surface area contributed by atoms with Crippen molar-refractivity contribution in [3.8, 4) is 0 Å². The number of hydrogen-bond acceptors (Lipinski definition) is 4. The second kappa shape index (κ2) is 8.82.